The van der Waals surface area contributed by atoms with Gasteiger partial charge in [0.15, 0.2) is 0 Å². The molecule has 0 spiro atoms. The Morgan fingerprint density at radius 3 is 3.00 bits per heavy atom. The maximum absolute atomic E-state index is 4.83. The molecule has 3 rings (SSSR count). The first-order chi connectivity index (χ1) is 10.7. The molecule has 1 fully saturated rings. The number of nitrogens with zero attached hydrogens (tertiary/aromatic N) is 4. The van der Waals surface area contributed by atoms with Gasteiger partial charge in [0, 0.05) is 26.1 Å². The fourth-order valence-electron chi connectivity index (χ4n) is 3.37. The van der Waals surface area contributed by atoms with Gasteiger partial charge < -0.3 is 9.80 Å². The molecule has 2 aromatic rings. The second-order valence-corrected chi connectivity index (χ2v) is 7.21. The average Bonchev–Trinajstić information content (AvgIpc) is 3.15. The van der Waals surface area contributed by atoms with E-state index in [1.165, 1.54) is 31.3 Å². The lowest BCUT2D eigenvalue weighted by molar-refractivity contribution is 0.287. The first-order valence-electron chi connectivity index (χ1n) is 8.38. The van der Waals surface area contributed by atoms with Crippen molar-refractivity contribution in [3.05, 3.63) is 17.3 Å². The van der Waals surface area contributed by atoms with Crippen molar-refractivity contribution >= 4 is 27.4 Å². The first kappa shape index (κ1) is 15.7. The van der Waals surface area contributed by atoms with Crippen LogP contribution in [0.2, 0.25) is 0 Å². The standard InChI is InChI=1S/C17H26N4S/c1-4-8-20(3)11-13-6-9-21(12-13)16-14-7-10-22-17(14)19-15(5-2)18-16/h7,10,13H,4-6,8-9,11-12H2,1-3H3. The van der Waals surface area contributed by atoms with Crippen molar-refractivity contribution in [1.82, 2.24) is 14.9 Å². The fourth-order valence-corrected chi connectivity index (χ4v) is 4.15. The SMILES string of the molecule is CCCN(C)CC1CCN(c2nc(CC)nc3sccc23)C1. The highest BCUT2D eigenvalue weighted by atomic mass is 32.1. The molecule has 0 amide bonds. The van der Waals surface area contributed by atoms with E-state index in [-0.39, 0.29) is 0 Å². The molecule has 22 heavy (non-hydrogen) atoms. The molecule has 0 radical (unpaired) electrons. The van der Waals surface area contributed by atoms with Crippen LogP contribution in [0.1, 0.15) is 32.5 Å². The molecule has 120 valence electrons. The molecule has 0 bridgehead atoms. The van der Waals surface area contributed by atoms with Crippen LogP contribution in [0.4, 0.5) is 5.82 Å². The molecule has 1 unspecified atom stereocenters. The summed E-state index contributed by atoms with van der Waals surface area (Å²) in [5.74, 6) is 2.88. The fraction of sp³-hybridized carbons (Fsp3) is 0.647. The zero-order valence-electron chi connectivity index (χ0n) is 13.9. The summed E-state index contributed by atoms with van der Waals surface area (Å²) >= 11 is 1.72. The highest BCUT2D eigenvalue weighted by Gasteiger charge is 2.26. The molecule has 2 aromatic heterocycles. The number of hydrogen-bond donors (Lipinski definition) is 0. The van der Waals surface area contributed by atoms with Crippen LogP contribution < -0.4 is 4.90 Å². The van der Waals surface area contributed by atoms with E-state index in [0.29, 0.717) is 0 Å². The number of fused-ring (bicyclic) bond motifs is 1. The minimum Gasteiger partial charge on any atom is -0.356 e. The molecule has 0 saturated carbocycles. The Labute approximate surface area is 137 Å². The first-order valence-corrected chi connectivity index (χ1v) is 9.26. The van der Waals surface area contributed by atoms with Gasteiger partial charge in [0.05, 0.1) is 5.39 Å². The molecule has 0 aromatic carbocycles. The zero-order valence-corrected chi connectivity index (χ0v) is 14.7. The van der Waals surface area contributed by atoms with Crippen LogP contribution in [0.15, 0.2) is 11.4 Å². The van der Waals surface area contributed by atoms with Crippen molar-refractivity contribution in [3.63, 3.8) is 0 Å². The largest absolute Gasteiger partial charge is 0.356 e. The van der Waals surface area contributed by atoms with Gasteiger partial charge in [0.2, 0.25) is 0 Å². The lowest BCUT2D eigenvalue weighted by Crippen LogP contribution is -2.29. The summed E-state index contributed by atoms with van der Waals surface area (Å²) in [7, 11) is 2.24. The third-order valence-corrected chi connectivity index (χ3v) is 5.23. The van der Waals surface area contributed by atoms with E-state index in [1.807, 2.05) is 0 Å². The van der Waals surface area contributed by atoms with Crippen molar-refractivity contribution in [2.24, 2.45) is 5.92 Å². The van der Waals surface area contributed by atoms with Gasteiger partial charge in [0.25, 0.3) is 0 Å². The van der Waals surface area contributed by atoms with Gasteiger partial charge in [0.1, 0.15) is 16.5 Å². The zero-order chi connectivity index (χ0) is 15.5. The van der Waals surface area contributed by atoms with E-state index in [4.69, 9.17) is 4.98 Å². The molecule has 5 heteroatoms. The number of anilines is 1. The molecule has 3 heterocycles. The van der Waals surface area contributed by atoms with Crippen LogP contribution in [0.3, 0.4) is 0 Å². The van der Waals surface area contributed by atoms with Crippen LogP contribution in [0, 0.1) is 5.92 Å². The van der Waals surface area contributed by atoms with E-state index in [9.17, 15) is 0 Å². The van der Waals surface area contributed by atoms with Gasteiger partial charge in [-0.05, 0) is 43.8 Å². The highest BCUT2D eigenvalue weighted by Crippen LogP contribution is 2.31. The predicted molar refractivity (Wildman–Crippen MR) is 94.9 cm³/mol. The molecule has 0 aliphatic carbocycles. The smallest absolute Gasteiger partial charge is 0.141 e. The number of aryl methyl sites for hydroxylation is 1. The summed E-state index contributed by atoms with van der Waals surface area (Å²) in [6.07, 6.45) is 3.40. The molecular weight excluding hydrogens is 292 g/mol. The van der Waals surface area contributed by atoms with Gasteiger partial charge in [-0.3, -0.25) is 0 Å². The Bertz CT molecular complexity index is 624. The van der Waals surface area contributed by atoms with E-state index in [2.05, 4.69) is 47.1 Å². The van der Waals surface area contributed by atoms with Crippen LogP contribution >= 0.6 is 11.3 Å². The van der Waals surface area contributed by atoms with Crippen LogP contribution in [-0.2, 0) is 6.42 Å². The number of rotatable bonds is 6. The summed E-state index contributed by atoms with van der Waals surface area (Å²) < 4.78 is 0. The second-order valence-electron chi connectivity index (χ2n) is 6.32. The Morgan fingerprint density at radius 1 is 1.36 bits per heavy atom. The van der Waals surface area contributed by atoms with E-state index < -0.39 is 0 Å². The number of thiophene rings is 1. The normalized spacial score (nSPS) is 18.7. The molecular formula is C17H26N4S. The summed E-state index contributed by atoms with van der Waals surface area (Å²) in [6.45, 7) is 9.01. The molecule has 1 saturated heterocycles. The topological polar surface area (TPSA) is 32.3 Å². The van der Waals surface area contributed by atoms with Crippen molar-refractivity contribution in [1.29, 1.82) is 0 Å². The van der Waals surface area contributed by atoms with Gasteiger partial charge in [-0.15, -0.1) is 11.3 Å². The van der Waals surface area contributed by atoms with Gasteiger partial charge in [-0.25, -0.2) is 9.97 Å². The lowest BCUT2D eigenvalue weighted by atomic mass is 10.1. The van der Waals surface area contributed by atoms with Gasteiger partial charge >= 0.3 is 0 Å². The Morgan fingerprint density at radius 2 is 2.23 bits per heavy atom. The molecule has 4 nitrogen and oxygen atoms in total. The van der Waals surface area contributed by atoms with E-state index in [1.54, 1.807) is 11.3 Å². The summed E-state index contributed by atoms with van der Waals surface area (Å²) in [6, 6.07) is 2.17. The van der Waals surface area contributed by atoms with E-state index >= 15 is 0 Å². The van der Waals surface area contributed by atoms with E-state index in [0.717, 1.165) is 41.9 Å². The van der Waals surface area contributed by atoms with Crippen molar-refractivity contribution < 1.29 is 0 Å². The molecule has 1 atom stereocenters. The summed E-state index contributed by atoms with van der Waals surface area (Å²) in [4.78, 5) is 15.6. The predicted octanol–water partition coefficient (Wildman–Crippen LogP) is 3.42. The van der Waals surface area contributed by atoms with Gasteiger partial charge in [-0.1, -0.05) is 13.8 Å². The molecule has 0 N–H and O–H groups in total. The monoisotopic (exact) mass is 318 g/mol. The summed E-state index contributed by atoms with van der Waals surface area (Å²) in [5, 5.41) is 3.36. The minimum atomic E-state index is 0.755. The quantitative estimate of drug-likeness (QED) is 0.817. The molecule has 1 aliphatic heterocycles. The second kappa shape index (κ2) is 6.92. The number of aromatic nitrogens is 2. The van der Waals surface area contributed by atoms with Crippen LogP contribution in [0.5, 0.6) is 0 Å². The highest BCUT2D eigenvalue weighted by molar-refractivity contribution is 7.16. The lowest BCUT2D eigenvalue weighted by Gasteiger charge is -2.22. The maximum Gasteiger partial charge on any atom is 0.141 e. The number of hydrogen-bond acceptors (Lipinski definition) is 5. The third kappa shape index (κ3) is 3.25. The average molecular weight is 318 g/mol. The van der Waals surface area contributed by atoms with Crippen molar-refractivity contribution in [3.8, 4) is 0 Å². The van der Waals surface area contributed by atoms with Crippen molar-refractivity contribution in [2.75, 3.05) is 38.1 Å². The Balaban J connectivity index is 1.76. The van der Waals surface area contributed by atoms with Gasteiger partial charge in [-0.2, -0.15) is 0 Å². The third-order valence-electron chi connectivity index (χ3n) is 4.43. The summed E-state index contributed by atoms with van der Waals surface area (Å²) in [5.41, 5.74) is 0. The molecule has 1 aliphatic rings. The van der Waals surface area contributed by atoms with Crippen molar-refractivity contribution in [2.45, 2.75) is 33.1 Å². The van der Waals surface area contributed by atoms with Crippen LogP contribution in [-0.4, -0.2) is 48.1 Å². The minimum absolute atomic E-state index is 0.755. The maximum atomic E-state index is 4.83. The Kier molecular flexibility index (Phi) is 4.93. The van der Waals surface area contributed by atoms with Crippen LogP contribution in [0.25, 0.3) is 10.2 Å². The Hall–Kier alpha value is -1.20.